The van der Waals surface area contributed by atoms with Gasteiger partial charge in [-0.25, -0.2) is 8.78 Å². The van der Waals surface area contributed by atoms with Gasteiger partial charge in [0.15, 0.2) is 0 Å². The summed E-state index contributed by atoms with van der Waals surface area (Å²) >= 11 is 0. The van der Waals surface area contributed by atoms with Crippen LogP contribution >= 0.6 is 24.8 Å². The maximum absolute atomic E-state index is 13.1. The number of hydrogen-bond acceptors (Lipinski definition) is 4. The second-order valence-corrected chi connectivity index (χ2v) is 4.93. The van der Waals surface area contributed by atoms with Crippen molar-refractivity contribution >= 4 is 30.7 Å². The summed E-state index contributed by atoms with van der Waals surface area (Å²) in [6, 6.07) is 8.79. The van der Waals surface area contributed by atoms with E-state index in [0.717, 1.165) is 5.56 Å². The minimum absolute atomic E-state index is 0. The minimum atomic E-state index is -3.13. The molecule has 3 N–H and O–H groups in total. The summed E-state index contributed by atoms with van der Waals surface area (Å²) in [6.07, 6.45) is 2.91. The van der Waals surface area contributed by atoms with Gasteiger partial charge in [0.2, 0.25) is 0 Å². The number of benzene rings is 1. The number of nitrogens with two attached hydrogens (primary N) is 1. The first kappa shape index (κ1) is 23.0. The van der Waals surface area contributed by atoms with Crippen LogP contribution in [0.5, 0.6) is 5.75 Å². The van der Waals surface area contributed by atoms with Crippen LogP contribution < -0.4 is 15.8 Å². The lowest BCUT2D eigenvalue weighted by molar-refractivity contribution is 0.0118. The van der Waals surface area contributed by atoms with Crippen LogP contribution in [0.2, 0.25) is 0 Å². The number of halogens is 4. The van der Waals surface area contributed by atoms with Crippen molar-refractivity contribution in [1.82, 2.24) is 10.3 Å². The van der Waals surface area contributed by atoms with Crippen molar-refractivity contribution in [2.24, 2.45) is 5.73 Å². The summed E-state index contributed by atoms with van der Waals surface area (Å²) < 4.78 is 31.2. The van der Waals surface area contributed by atoms with Crippen molar-refractivity contribution in [3.8, 4) is 16.9 Å². The first-order chi connectivity index (χ1) is 10.9. The highest BCUT2D eigenvalue weighted by Gasteiger charge is 2.27. The highest BCUT2D eigenvalue weighted by molar-refractivity contribution is 5.95. The number of methoxy groups -OCH3 is 1. The van der Waals surface area contributed by atoms with Crippen molar-refractivity contribution in [2.75, 3.05) is 20.2 Å². The lowest BCUT2D eigenvalue weighted by Crippen LogP contribution is -2.41. The molecule has 1 aromatic heterocycles. The molecular weight excluding hydrogens is 375 g/mol. The fraction of sp³-hybridized carbons (Fsp3) is 0.250. The first-order valence-corrected chi connectivity index (χ1v) is 6.91. The van der Waals surface area contributed by atoms with E-state index in [0.29, 0.717) is 11.3 Å². The van der Waals surface area contributed by atoms with Crippen LogP contribution in [0, 0.1) is 0 Å². The molecule has 2 rings (SSSR count). The molecule has 1 aromatic carbocycles. The van der Waals surface area contributed by atoms with E-state index in [1.165, 1.54) is 6.20 Å². The number of carbonyl (C=O) groups is 1. The molecule has 2 aromatic rings. The summed E-state index contributed by atoms with van der Waals surface area (Å²) in [5, 5.41) is 2.16. The van der Waals surface area contributed by atoms with Crippen molar-refractivity contribution in [2.45, 2.75) is 5.92 Å². The Kier molecular flexibility index (Phi) is 9.33. The first-order valence-electron chi connectivity index (χ1n) is 6.91. The van der Waals surface area contributed by atoms with Gasteiger partial charge in [-0.15, -0.1) is 24.8 Å². The molecule has 0 spiro atoms. The highest BCUT2D eigenvalue weighted by atomic mass is 35.5. The largest absolute Gasteiger partial charge is 0.497 e. The Hall–Kier alpha value is -1.96. The van der Waals surface area contributed by atoms with Gasteiger partial charge in [-0.2, -0.15) is 0 Å². The summed E-state index contributed by atoms with van der Waals surface area (Å²) in [5.41, 5.74) is 6.66. The van der Waals surface area contributed by atoms with Gasteiger partial charge in [-0.05, 0) is 23.8 Å². The molecular formula is C16H19Cl2F2N3O2. The van der Waals surface area contributed by atoms with Crippen LogP contribution in [0.15, 0.2) is 42.7 Å². The number of ether oxygens (including phenoxy) is 1. The van der Waals surface area contributed by atoms with Crippen molar-refractivity contribution < 1.29 is 18.3 Å². The molecule has 0 saturated heterocycles. The monoisotopic (exact) mass is 393 g/mol. The van der Waals surface area contributed by atoms with Crippen LogP contribution in [0.3, 0.4) is 0 Å². The molecule has 0 fully saturated rings. The Morgan fingerprint density at radius 2 is 1.84 bits per heavy atom. The average molecular weight is 394 g/mol. The third-order valence-electron chi connectivity index (χ3n) is 3.23. The van der Waals surface area contributed by atoms with Gasteiger partial charge in [0.1, 0.15) is 5.75 Å². The van der Waals surface area contributed by atoms with Gasteiger partial charge in [-0.3, -0.25) is 9.78 Å². The molecule has 5 nitrogen and oxygen atoms in total. The maximum atomic E-state index is 13.1. The number of alkyl halides is 2. The second kappa shape index (κ2) is 10.1. The summed E-state index contributed by atoms with van der Waals surface area (Å²) in [4.78, 5) is 15.9. The number of nitrogens with one attached hydrogen (secondary N) is 1. The molecule has 138 valence electrons. The fourth-order valence-electron chi connectivity index (χ4n) is 1.89. The lowest BCUT2D eigenvalue weighted by Gasteiger charge is -2.14. The fourth-order valence-corrected chi connectivity index (χ4v) is 1.89. The third kappa shape index (κ3) is 6.45. The van der Waals surface area contributed by atoms with Gasteiger partial charge in [-0.1, -0.05) is 12.1 Å². The SMILES string of the molecule is COc1ccc(-c2cncc(C(=O)NCC(F)(F)CN)c2)cc1.Cl.Cl. The van der Waals surface area contributed by atoms with Gasteiger partial charge in [0.25, 0.3) is 11.8 Å². The third-order valence-corrected chi connectivity index (χ3v) is 3.23. The van der Waals surface area contributed by atoms with E-state index in [9.17, 15) is 13.6 Å². The standard InChI is InChI=1S/C16H17F2N3O2.2ClH/c1-23-14-4-2-11(3-5-14)12-6-13(8-20-7-12)15(22)21-10-16(17,18)9-19;;/h2-8H,9-10,19H2,1H3,(H,21,22);2*1H. The highest BCUT2D eigenvalue weighted by Crippen LogP contribution is 2.22. The summed E-state index contributed by atoms with van der Waals surface area (Å²) in [6.45, 7) is -1.63. The molecule has 0 aliphatic heterocycles. The van der Waals surface area contributed by atoms with Crippen LogP contribution in [0.1, 0.15) is 10.4 Å². The van der Waals surface area contributed by atoms with Gasteiger partial charge >= 0.3 is 0 Å². The Bertz CT molecular complexity index is 685. The van der Waals surface area contributed by atoms with Gasteiger partial charge in [0.05, 0.1) is 25.8 Å². The zero-order chi connectivity index (χ0) is 16.9. The Labute approximate surface area is 156 Å². The molecule has 0 radical (unpaired) electrons. The number of hydrogen-bond donors (Lipinski definition) is 2. The molecule has 0 aliphatic carbocycles. The Morgan fingerprint density at radius 3 is 2.40 bits per heavy atom. The molecule has 0 atom stereocenters. The van der Waals surface area contributed by atoms with Crippen molar-refractivity contribution in [3.63, 3.8) is 0 Å². The smallest absolute Gasteiger partial charge is 0.277 e. The van der Waals surface area contributed by atoms with E-state index in [-0.39, 0.29) is 30.4 Å². The predicted molar refractivity (Wildman–Crippen MR) is 97.1 cm³/mol. The second-order valence-electron chi connectivity index (χ2n) is 4.93. The van der Waals surface area contributed by atoms with Gasteiger partial charge < -0.3 is 15.8 Å². The molecule has 1 heterocycles. The van der Waals surface area contributed by atoms with E-state index >= 15 is 0 Å². The zero-order valence-corrected chi connectivity index (χ0v) is 15.0. The summed E-state index contributed by atoms with van der Waals surface area (Å²) in [5.74, 6) is -3.04. The number of rotatable bonds is 6. The quantitative estimate of drug-likeness (QED) is 0.790. The van der Waals surface area contributed by atoms with Crippen LogP contribution in [0.4, 0.5) is 8.78 Å². The van der Waals surface area contributed by atoms with E-state index in [1.54, 1.807) is 31.5 Å². The number of aromatic nitrogens is 1. The molecule has 0 unspecified atom stereocenters. The molecule has 9 heteroatoms. The predicted octanol–water partition coefficient (Wildman–Crippen LogP) is 2.92. The van der Waals surface area contributed by atoms with Crippen molar-refractivity contribution in [3.05, 3.63) is 48.3 Å². The normalized spacial score (nSPS) is 10.2. The van der Waals surface area contributed by atoms with E-state index in [4.69, 9.17) is 10.5 Å². The molecule has 0 saturated carbocycles. The summed E-state index contributed by atoms with van der Waals surface area (Å²) in [7, 11) is 1.57. The number of pyridine rings is 1. The molecule has 25 heavy (non-hydrogen) atoms. The van der Waals surface area contributed by atoms with E-state index in [1.807, 2.05) is 12.1 Å². The number of carbonyl (C=O) groups excluding carboxylic acids is 1. The van der Waals surface area contributed by atoms with Crippen LogP contribution in [-0.2, 0) is 0 Å². The maximum Gasteiger partial charge on any atom is 0.277 e. The van der Waals surface area contributed by atoms with Crippen LogP contribution in [-0.4, -0.2) is 37.0 Å². The Morgan fingerprint density at radius 1 is 1.20 bits per heavy atom. The zero-order valence-electron chi connectivity index (χ0n) is 13.4. The number of amides is 1. The van der Waals surface area contributed by atoms with E-state index < -0.39 is 24.9 Å². The van der Waals surface area contributed by atoms with E-state index in [2.05, 4.69) is 10.3 Å². The van der Waals surface area contributed by atoms with Crippen molar-refractivity contribution in [1.29, 1.82) is 0 Å². The molecule has 0 bridgehead atoms. The van der Waals surface area contributed by atoms with Gasteiger partial charge in [0, 0.05) is 18.0 Å². The Balaban J connectivity index is 0.00000288. The minimum Gasteiger partial charge on any atom is -0.497 e. The number of nitrogens with zero attached hydrogens (tertiary/aromatic N) is 1. The van der Waals surface area contributed by atoms with Crippen LogP contribution in [0.25, 0.3) is 11.1 Å². The molecule has 0 aliphatic rings. The topological polar surface area (TPSA) is 77.2 Å². The molecule has 1 amide bonds. The average Bonchev–Trinajstić information content (AvgIpc) is 2.60. The lowest BCUT2D eigenvalue weighted by atomic mass is 10.1.